The van der Waals surface area contributed by atoms with Gasteiger partial charge in [0.1, 0.15) is 0 Å². The average Bonchev–Trinajstić information content (AvgIpc) is 2.10. The molecule has 0 aliphatic heterocycles. The predicted molar refractivity (Wildman–Crippen MR) is 59.3 cm³/mol. The number of hydrogen-bond donors (Lipinski definition) is 2. The Morgan fingerprint density at radius 2 is 1.57 bits per heavy atom. The first kappa shape index (κ1) is 11.2. The molecule has 0 heterocycles. The van der Waals surface area contributed by atoms with E-state index in [-0.39, 0.29) is 6.04 Å². The molecule has 1 aromatic rings. The summed E-state index contributed by atoms with van der Waals surface area (Å²) in [5, 5.41) is 9.43. The van der Waals surface area contributed by atoms with Crippen LogP contribution in [0.3, 0.4) is 0 Å². The van der Waals surface area contributed by atoms with Crippen molar-refractivity contribution in [2.24, 2.45) is 5.73 Å². The van der Waals surface area contributed by atoms with Crippen LogP contribution >= 0.6 is 0 Å². The van der Waals surface area contributed by atoms with Crippen LogP contribution in [0.25, 0.3) is 0 Å². The first-order valence-corrected chi connectivity index (χ1v) is 4.95. The molecule has 2 nitrogen and oxygen atoms in total. The Morgan fingerprint density at radius 3 is 2.07 bits per heavy atom. The third-order valence-corrected chi connectivity index (χ3v) is 2.76. The first-order chi connectivity index (χ1) is 6.43. The van der Waals surface area contributed by atoms with E-state index in [1.165, 1.54) is 11.1 Å². The lowest BCUT2D eigenvalue weighted by Crippen LogP contribution is -2.24. The van der Waals surface area contributed by atoms with Crippen molar-refractivity contribution in [2.45, 2.75) is 39.8 Å². The average molecular weight is 193 g/mol. The van der Waals surface area contributed by atoms with E-state index in [1.54, 1.807) is 6.92 Å². The molecule has 0 fully saturated rings. The second-order valence-corrected chi connectivity index (χ2v) is 4.06. The van der Waals surface area contributed by atoms with Gasteiger partial charge in [0, 0.05) is 0 Å². The lowest BCUT2D eigenvalue weighted by Gasteiger charge is -2.19. The molecule has 2 heteroatoms. The SMILES string of the molecule is Cc1cc(C)c(C(N)C(C)O)cc1C. The molecule has 3 N–H and O–H groups in total. The summed E-state index contributed by atoms with van der Waals surface area (Å²) in [6, 6.07) is 3.91. The van der Waals surface area contributed by atoms with Gasteiger partial charge in [0.15, 0.2) is 0 Å². The lowest BCUT2D eigenvalue weighted by atomic mass is 9.94. The number of aryl methyl sites for hydroxylation is 3. The van der Waals surface area contributed by atoms with Crippen molar-refractivity contribution in [3.8, 4) is 0 Å². The van der Waals surface area contributed by atoms with Crippen LogP contribution in [0, 0.1) is 20.8 Å². The van der Waals surface area contributed by atoms with E-state index in [2.05, 4.69) is 26.0 Å². The minimum Gasteiger partial charge on any atom is -0.391 e. The highest BCUT2D eigenvalue weighted by Crippen LogP contribution is 2.22. The standard InChI is InChI=1S/C12H19NO/c1-7-5-9(3)11(6-8(7)2)12(13)10(4)14/h5-6,10,12,14H,13H2,1-4H3. The number of benzene rings is 1. The minimum atomic E-state index is -0.504. The molecule has 0 saturated heterocycles. The summed E-state index contributed by atoms with van der Waals surface area (Å²) in [5.74, 6) is 0. The predicted octanol–water partition coefficient (Wildman–Crippen LogP) is 1.99. The third kappa shape index (κ3) is 2.14. The van der Waals surface area contributed by atoms with Gasteiger partial charge in [-0.15, -0.1) is 0 Å². The van der Waals surface area contributed by atoms with E-state index in [0.29, 0.717) is 0 Å². The Kier molecular flexibility index (Phi) is 3.29. The zero-order valence-electron chi connectivity index (χ0n) is 9.33. The van der Waals surface area contributed by atoms with Crippen molar-refractivity contribution < 1.29 is 5.11 Å². The summed E-state index contributed by atoms with van der Waals surface area (Å²) in [7, 11) is 0. The molecule has 0 aromatic heterocycles. The Morgan fingerprint density at radius 1 is 1.07 bits per heavy atom. The summed E-state index contributed by atoms with van der Waals surface area (Å²) in [6.45, 7) is 7.90. The van der Waals surface area contributed by atoms with Crippen LogP contribution in [0.4, 0.5) is 0 Å². The number of hydrogen-bond acceptors (Lipinski definition) is 2. The molecule has 0 saturated carbocycles. The maximum absolute atomic E-state index is 9.43. The van der Waals surface area contributed by atoms with Crippen molar-refractivity contribution in [3.63, 3.8) is 0 Å². The second-order valence-electron chi connectivity index (χ2n) is 4.06. The van der Waals surface area contributed by atoms with Crippen molar-refractivity contribution >= 4 is 0 Å². The van der Waals surface area contributed by atoms with E-state index in [4.69, 9.17) is 5.73 Å². The summed E-state index contributed by atoms with van der Waals surface area (Å²) < 4.78 is 0. The normalized spacial score (nSPS) is 15.3. The molecule has 0 aliphatic rings. The zero-order valence-corrected chi connectivity index (χ0v) is 9.33. The summed E-state index contributed by atoms with van der Waals surface area (Å²) >= 11 is 0. The van der Waals surface area contributed by atoms with Gasteiger partial charge in [-0.05, 0) is 49.9 Å². The Bertz CT molecular complexity index is 331. The van der Waals surface area contributed by atoms with E-state index < -0.39 is 6.10 Å². The van der Waals surface area contributed by atoms with Crippen LogP contribution < -0.4 is 5.73 Å². The summed E-state index contributed by atoms with van der Waals surface area (Å²) in [5.41, 5.74) is 10.6. The highest BCUT2D eigenvalue weighted by molar-refractivity contribution is 5.38. The summed E-state index contributed by atoms with van der Waals surface area (Å²) in [6.07, 6.45) is -0.504. The van der Waals surface area contributed by atoms with Crippen molar-refractivity contribution in [3.05, 3.63) is 34.4 Å². The quantitative estimate of drug-likeness (QED) is 0.754. The molecule has 1 aromatic carbocycles. The third-order valence-electron chi connectivity index (χ3n) is 2.76. The van der Waals surface area contributed by atoms with Crippen molar-refractivity contribution in [1.82, 2.24) is 0 Å². The highest BCUT2D eigenvalue weighted by Gasteiger charge is 2.14. The van der Waals surface area contributed by atoms with Crippen LogP contribution in [0.1, 0.15) is 35.2 Å². The molecule has 0 spiro atoms. The fourth-order valence-corrected chi connectivity index (χ4v) is 1.60. The van der Waals surface area contributed by atoms with Gasteiger partial charge in [-0.2, -0.15) is 0 Å². The van der Waals surface area contributed by atoms with Gasteiger partial charge < -0.3 is 10.8 Å². The van der Waals surface area contributed by atoms with E-state index >= 15 is 0 Å². The fraction of sp³-hybridized carbons (Fsp3) is 0.500. The van der Waals surface area contributed by atoms with Gasteiger partial charge in [0.2, 0.25) is 0 Å². The van der Waals surface area contributed by atoms with Crippen LogP contribution in [0.2, 0.25) is 0 Å². The number of nitrogens with two attached hydrogens (primary N) is 1. The molecular formula is C12H19NO. The van der Waals surface area contributed by atoms with Gasteiger partial charge in [-0.1, -0.05) is 12.1 Å². The first-order valence-electron chi connectivity index (χ1n) is 4.95. The lowest BCUT2D eigenvalue weighted by molar-refractivity contribution is 0.164. The Balaban J connectivity index is 3.15. The molecule has 0 amide bonds. The van der Waals surface area contributed by atoms with Crippen LogP contribution in [-0.2, 0) is 0 Å². The Labute approximate surface area is 85.8 Å². The fourth-order valence-electron chi connectivity index (χ4n) is 1.60. The minimum absolute atomic E-state index is 0.283. The van der Waals surface area contributed by atoms with Gasteiger partial charge in [-0.25, -0.2) is 0 Å². The topological polar surface area (TPSA) is 46.2 Å². The number of aliphatic hydroxyl groups excluding tert-OH is 1. The summed E-state index contributed by atoms with van der Waals surface area (Å²) in [4.78, 5) is 0. The molecule has 1 rings (SSSR count). The number of rotatable bonds is 2. The van der Waals surface area contributed by atoms with E-state index in [9.17, 15) is 5.11 Å². The molecule has 78 valence electrons. The molecule has 14 heavy (non-hydrogen) atoms. The van der Waals surface area contributed by atoms with Gasteiger partial charge in [0.05, 0.1) is 12.1 Å². The van der Waals surface area contributed by atoms with E-state index in [0.717, 1.165) is 11.1 Å². The van der Waals surface area contributed by atoms with Gasteiger partial charge in [-0.3, -0.25) is 0 Å². The largest absolute Gasteiger partial charge is 0.391 e. The zero-order chi connectivity index (χ0) is 10.9. The highest BCUT2D eigenvalue weighted by atomic mass is 16.3. The molecule has 2 atom stereocenters. The smallest absolute Gasteiger partial charge is 0.0704 e. The molecule has 0 aliphatic carbocycles. The van der Waals surface area contributed by atoms with Crippen LogP contribution in [-0.4, -0.2) is 11.2 Å². The molecule has 0 radical (unpaired) electrons. The maximum Gasteiger partial charge on any atom is 0.0704 e. The van der Waals surface area contributed by atoms with Crippen molar-refractivity contribution in [1.29, 1.82) is 0 Å². The molecular weight excluding hydrogens is 174 g/mol. The molecule has 0 bridgehead atoms. The van der Waals surface area contributed by atoms with Crippen LogP contribution in [0.5, 0.6) is 0 Å². The second kappa shape index (κ2) is 4.11. The Hall–Kier alpha value is -0.860. The molecule has 2 unspecified atom stereocenters. The van der Waals surface area contributed by atoms with Crippen molar-refractivity contribution in [2.75, 3.05) is 0 Å². The van der Waals surface area contributed by atoms with Gasteiger partial charge >= 0.3 is 0 Å². The van der Waals surface area contributed by atoms with Crippen LogP contribution in [0.15, 0.2) is 12.1 Å². The monoisotopic (exact) mass is 193 g/mol. The maximum atomic E-state index is 9.43. The van der Waals surface area contributed by atoms with E-state index in [1.807, 2.05) is 6.92 Å². The van der Waals surface area contributed by atoms with Gasteiger partial charge in [0.25, 0.3) is 0 Å². The number of aliphatic hydroxyl groups is 1.